The lowest BCUT2D eigenvalue weighted by atomic mass is 10.1. The van der Waals surface area contributed by atoms with Crippen LogP contribution in [0.2, 0.25) is 0 Å². The van der Waals surface area contributed by atoms with E-state index < -0.39 is 17.8 Å². The van der Waals surface area contributed by atoms with Crippen molar-refractivity contribution in [3.8, 4) is 5.75 Å². The van der Waals surface area contributed by atoms with Crippen LogP contribution in [0.15, 0.2) is 77.7 Å². The zero-order valence-electron chi connectivity index (χ0n) is 18.8. The predicted octanol–water partition coefficient (Wildman–Crippen LogP) is 3.74. The number of hydrogen-bond acceptors (Lipinski definition) is 8. The molecule has 0 spiro atoms. The van der Waals surface area contributed by atoms with Gasteiger partial charge in [-0.05, 0) is 54.6 Å². The number of methoxy groups -OCH3 is 1. The number of amides is 2. The molecule has 35 heavy (non-hydrogen) atoms. The van der Waals surface area contributed by atoms with Crippen LogP contribution in [-0.4, -0.2) is 42.5 Å². The Balaban J connectivity index is 1.38. The van der Waals surface area contributed by atoms with Crippen molar-refractivity contribution >= 4 is 46.7 Å². The molecule has 4 rings (SSSR count). The third kappa shape index (κ3) is 5.52. The van der Waals surface area contributed by atoms with E-state index in [1.54, 1.807) is 42.5 Å². The molecular formula is C26H22N2O6S. The number of carbonyl (C=O) groups is 4. The van der Waals surface area contributed by atoms with Gasteiger partial charge in [0, 0.05) is 22.6 Å². The lowest BCUT2D eigenvalue weighted by Crippen LogP contribution is -2.31. The van der Waals surface area contributed by atoms with Crippen LogP contribution >= 0.6 is 11.8 Å². The summed E-state index contributed by atoms with van der Waals surface area (Å²) in [5.41, 5.74) is 7.29. The van der Waals surface area contributed by atoms with Gasteiger partial charge in [0.2, 0.25) is 11.8 Å². The maximum Gasteiger partial charge on any atom is 0.338 e. The maximum absolute atomic E-state index is 12.9. The van der Waals surface area contributed by atoms with Crippen molar-refractivity contribution in [1.82, 2.24) is 0 Å². The first-order valence-corrected chi connectivity index (χ1v) is 11.6. The first kappa shape index (κ1) is 24.0. The number of nitrogens with zero attached hydrogens (tertiary/aromatic N) is 1. The first-order chi connectivity index (χ1) is 16.9. The quantitative estimate of drug-likeness (QED) is 0.220. The van der Waals surface area contributed by atoms with E-state index >= 15 is 0 Å². The summed E-state index contributed by atoms with van der Waals surface area (Å²) in [5.74, 6) is -1.19. The van der Waals surface area contributed by atoms with Gasteiger partial charge in [-0.3, -0.25) is 14.4 Å². The number of nitrogen functional groups attached to an aromatic ring is 1. The standard InChI is InChI=1S/C26H22N2O6S/c1-33-20-6-2-4-17(12-20)22(29)15-34-26(32)16-8-10-19(11-9-16)28-24(30)14-23(25(28)31)35-21-7-3-5-18(27)13-21/h2-13,23H,14-15,27H2,1H3/t23-/m0/s1. The second-order valence-corrected chi connectivity index (χ2v) is 9.00. The molecule has 1 aliphatic heterocycles. The monoisotopic (exact) mass is 490 g/mol. The van der Waals surface area contributed by atoms with E-state index in [1.807, 2.05) is 6.07 Å². The fourth-order valence-electron chi connectivity index (χ4n) is 3.56. The Morgan fingerprint density at radius 3 is 2.46 bits per heavy atom. The molecule has 0 bridgehead atoms. The summed E-state index contributed by atoms with van der Waals surface area (Å²) in [6, 6.07) is 19.6. The second kappa shape index (κ2) is 10.4. The number of rotatable bonds is 8. The van der Waals surface area contributed by atoms with Crippen molar-refractivity contribution in [2.45, 2.75) is 16.6 Å². The molecule has 2 N–H and O–H groups in total. The van der Waals surface area contributed by atoms with Gasteiger partial charge < -0.3 is 15.2 Å². The van der Waals surface area contributed by atoms with Gasteiger partial charge >= 0.3 is 5.97 Å². The molecular weight excluding hydrogens is 468 g/mol. The van der Waals surface area contributed by atoms with Gasteiger partial charge in [-0.15, -0.1) is 11.8 Å². The van der Waals surface area contributed by atoms with Crippen molar-refractivity contribution in [2.75, 3.05) is 24.4 Å². The Kier molecular flexibility index (Phi) is 7.17. The third-order valence-electron chi connectivity index (χ3n) is 5.33. The largest absolute Gasteiger partial charge is 0.497 e. The minimum atomic E-state index is -0.693. The van der Waals surface area contributed by atoms with Gasteiger partial charge in [0.05, 0.1) is 23.6 Å². The Morgan fingerprint density at radius 1 is 1.00 bits per heavy atom. The lowest BCUT2D eigenvalue weighted by molar-refractivity contribution is -0.121. The zero-order valence-corrected chi connectivity index (χ0v) is 19.6. The molecule has 3 aromatic rings. The van der Waals surface area contributed by atoms with E-state index in [4.69, 9.17) is 15.2 Å². The molecule has 1 fully saturated rings. The molecule has 1 aliphatic rings. The zero-order chi connectivity index (χ0) is 24.9. The number of esters is 1. The summed E-state index contributed by atoms with van der Waals surface area (Å²) in [6.45, 7) is -0.431. The smallest absolute Gasteiger partial charge is 0.338 e. The van der Waals surface area contributed by atoms with E-state index in [0.29, 0.717) is 22.7 Å². The van der Waals surface area contributed by atoms with E-state index in [-0.39, 0.29) is 29.6 Å². The molecule has 1 saturated heterocycles. The van der Waals surface area contributed by atoms with Gasteiger partial charge in [0.25, 0.3) is 0 Å². The molecule has 3 aromatic carbocycles. The van der Waals surface area contributed by atoms with Gasteiger partial charge in [-0.2, -0.15) is 0 Å². The number of nitrogens with two attached hydrogens (primary N) is 1. The van der Waals surface area contributed by atoms with Gasteiger partial charge in [0.15, 0.2) is 12.4 Å². The molecule has 2 amide bonds. The Labute approximate surface area is 206 Å². The molecule has 178 valence electrons. The Hall–Kier alpha value is -4.11. The van der Waals surface area contributed by atoms with Crippen LogP contribution < -0.4 is 15.4 Å². The number of anilines is 2. The van der Waals surface area contributed by atoms with Crippen LogP contribution in [-0.2, 0) is 14.3 Å². The first-order valence-electron chi connectivity index (χ1n) is 10.7. The molecule has 0 aromatic heterocycles. The van der Waals surface area contributed by atoms with Crippen LogP contribution in [0.5, 0.6) is 5.75 Å². The molecule has 0 unspecified atom stereocenters. The summed E-state index contributed by atoms with van der Waals surface area (Å²) in [4.78, 5) is 52.1. The van der Waals surface area contributed by atoms with E-state index in [0.717, 1.165) is 9.80 Å². The number of benzene rings is 3. The molecule has 8 nitrogen and oxygen atoms in total. The highest BCUT2D eigenvalue weighted by Crippen LogP contribution is 2.34. The number of thioether (sulfide) groups is 1. The summed E-state index contributed by atoms with van der Waals surface area (Å²) >= 11 is 1.29. The normalized spacial score (nSPS) is 15.2. The van der Waals surface area contributed by atoms with E-state index in [2.05, 4.69) is 0 Å². The third-order valence-corrected chi connectivity index (χ3v) is 6.51. The van der Waals surface area contributed by atoms with Crippen LogP contribution in [0.4, 0.5) is 11.4 Å². The molecule has 0 radical (unpaired) electrons. The topological polar surface area (TPSA) is 116 Å². The summed E-state index contributed by atoms with van der Waals surface area (Å²) in [5, 5.41) is -0.559. The summed E-state index contributed by atoms with van der Waals surface area (Å²) in [7, 11) is 1.50. The SMILES string of the molecule is COc1cccc(C(=O)COC(=O)c2ccc(N3C(=O)C[C@H](Sc4cccc(N)c4)C3=O)cc2)c1. The Bertz CT molecular complexity index is 1290. The lowest BCUT2D eigenvalue weighted by Gasteiger charge is -2.15. The number of Topliss-reactive ketones (excluding diaryl/α,β-unsaturated/α-hetero) is 1. The molecule has 0 saturated carbocycles. The number of ketones is 1. The van der Waals surface area contributed by atoms with E-state index in [1.165, 1.54) is 43.1 Å². The average molecular weight is 491 g/mol. The number of carbonyl (C=O) groups excluding carboxylic acids is 4. The van der Waals surface area contributed by atoms with Crippen LogP contribution in [0.25, 0.3) is 0 Å². The highest BCUT2D eigenvalue weighted by Gasteiger charge is 2.40. The molecule has 0 aliphatic carbocycles. The van der Waals surface area contributed by atoms with Crippen molar-refractivity contribution in [2.24, 2.45) is 0 Å². The fourth-order valence-corrected chi connectivity index (χ4v) is 4.68. The predicted molar refractivity (Wildman–Crippen MR) is 132 cm³/mol. The van der Waals surface area contributed by atoms with Crippen LogP contribution in [0, 0.1) is 0 Å². The molecule has 1 heterocycles. The number of ether oxygens (including phenoxy) is 2. The highest BCUT2D eigenvalue weighted by molar-refractivity contribution is 8.00. The van der Waals surface area contributed by atoms with Gasteiger partial charge in [-0.25, -0.2) is 9.69 Å². The van der Waals surface area contributed by atoms with Crippen LogP contribution in [0.3, 0.4) is 0 Å². The second-order valence-electron chi connectivity index (χ2n) is 7.73. The van der Waals surface area contributed by atoms with Crippen molar-refractivity contribution in [1.29, 1.82) is 0 Å². The van der Waals surface area contributed by atoms with Gasteiger partial charge in [-0.1, -0.05) is 18.2 Å². The molecule has 1 atom stereocenters. The number of imide groups is 1. The minimum absolute atomic E-state index is 0.0640. The summed E-state index contributed by atoms with van der Waals surface area (Å²) in [6.07, 6.45) is 0.0640. The van der Waals surface area contributed by atoms with Crippen molar-refractivity contribution < 1.29 is 28.7 Å². The van der Waals surface area contributed by atoms with Gasteiger partial charge in [0.1, 0.15) is 5.75 Å². The maximum atomic E-state index is 12.9. The Morgan fingerprint density at radius 2 is 1.74 bits per heavy atom. The van der Waals surface area contributed by atoms with Crippen LogP contribution in [0.1, 0.15) is 27.1 Å². The minimum Gasteiger partial charge on any atom is -0.497 e. The number of hydrogen-bond donors (Lipinski definition) is 1. The molecule has 9 heteroatoms. The van der Waals surface area contributed by atoms with Crippen molar-refractivity contribution in [3.05, 3.63) is 83.9 Å². The average Bonchev–Trinajstić information content (AvgIpc) is 3.14. The highest BCUT2D eigenvalue weighted by atomic mass is 32.2. The van der Waals surface area contributed by atoms with Crippen molar-refractivity contribution in [3.63, 3.8) is 0 Å². The summed E-state index contributed by atoms with van der Waals surface area (Å²) < 4.78 is 10.2. The fraction of sp³-hybridized carbons (Fsp3) is 0.154. The van der Waals surface area contributed by atoms with E-state index in [9.17, 15) is 19.2 Å².